The lowest BCUT2D eigenvalue weighted by Gasteiger charge is -2.12. The molecule has 0 aliphatic rings. The van der Waals surface area contributed by atoms with Gasteiger partial charge in [-0.15, -0.1) is 0 Å². The molecule has 35 heavy (non-hydrogen) atoms. The lowest BCUT2D eigenvalue weighted by atomic mass is 10.0. The number of methoxy groups -OCH3 is 1. The summed E-state index contributed by atoms with van der Waals surface area (Å²) >= 11 is 0. The van der Waals surface area contributed by atoms with Crippen molar-refractivity contribution in [3.8, 4) is 0 Å². The monoisotopic (exact) mass is 465 g/mol. The standard InChI is InChI=1S/C29H31N5O/c1-20-14-26(11-10-25(20)15-24-8-7-21(2)31-17-24)34-29-27-16-23(9-12-28(27)32-19-33-29)6-5-13-30-22(3)18-35-4/h5-12,14,16-17,19,30H,3,13,15,18H2,1-2,4H3,(H,32,33,34)/b6-5+. The van der Waals surface area contributed by atoms with Crippen LogP contribution < -0.4 is 10.6 Å². The van der Waals surface area contributed by atoms with Gasteiger partial charge in [0.05, 0.1) is 12.1 Å². The molecule has 178 valence electrons. The zero-order valence-electron chi connectivity index (χ0n) is 20.5. The molecule has 2 N–H and O–H groups in total. The van der Waals surface area contributed by atoms with E-state index in [1.165, 1.54) is 16.7 Å². The zero-order valence-corrected chi connectivity index (χ0v) is 20.5. The van der Waals surface area contributed by atoms with Crippen LogP contribution in [-0.2, 0) is 11.2 Å². The molecule has 0 fully saturated rings. The molecule has 0 atom stereocenters. The summed E-state index contributed by atoms with van der Waals surface area (Å²) in [6, 6.07) is 16.8. The topological polar surface area (TPSA) is 72.0 Å². The minimum Gasteiger partial charge on any atom is -0.383 e. The van der Waals surface area contributed by atoms with Gasteiger partial charge in [-0.3, -0.25) is 4.98 Å². The predicted molar refractivity (Wildman–Crippen MR) is 144 cm³/mol. The molecule has 0 aliphatic heterocycles. The van der Waals surface area contributed by atoms with Crippen molar-refractivity contribution in [1.29, 1.82) is 0 Å². The van der Waals surface area contributed by atoms with E-state index >= 15 is 0 Å². The highest BCUT2D eigenvalue weighted by Crippen LogP contribution is 2.26. The number of hydrogen-bond acceptors (Lipinski definition) is 6. The van der Waals surface area contributed by atoms with Gasteiger partial charge in [-0.2, -0.15) is 0 Å². The van der Waals surface area contributed by atoms with Gasteiger partial charge in [-0.25, -0.2) is 9.97 Å². The summed E-state index contributed by atoms with van der Waals surface area (Å²) in [5.74, 6) is 0.784. The average Bonchev–Trinajstić information content (AvgIpc) is 2.85. The Hall–Kier alpha value is -4.03. The van der Waals surface area contributed by atoms with E-state index in [2.05, 4.69) is 93.7 Å². The molecular weight excluding hydrogens is 434 g/mol. The van der Waals surface area contributed by atoms with Crippen molar-refractivity contribution in [2.75, 3.05) is 25.6 Å². The maximum Gasteiger partial charge on any atom is 0.141 e. The minimum absolute atomic E-state index is 0.500. The SMILES string of the molecule is C=C(COC)NC/C=C/c1ccc2ncnc(Nc3ccc(Cc4ccc(C)nc4)c(C)c3)c2c1. The lowest BCUT2D eigenvalue weighted by molar-refractivity contribution is 0.221. The van der Waals surface area contributed by atoms with E-state index in [0.717, 1.165) is 45.8 Å². The van der Waals surface area contributed by atoms with Crippen LogP contribution in [0.1, 0.15) is 27.9 Å². The average molecular weight is 466 g/mol. The second-order valence-corrected chi connectivity index (χ2v) is 8.57. The number of anilines is 2. The molecule has 0 saturated carbocycles. The molecule has 4 rings (SSSR count). The molecule has 2 heterocycles. The van der Waals surface area contributed by atoms with E-state index in [4.69, 9.17) is 4.74 Å². The highest BCUT2D eigenvalue weighted by molar-refractivity contribution is 5.92. The van der Waals surface area contributed by atoms with Crippen molar-refractivity contribution in [1.82, 2.24) is 20.3 Å². The molecular formula is C29H31N5O. The van der Waals surface area contributed by atoms with E-state index in [-0.39, 0.29) is 0 Å². The van der Waals surface area contributed by atoms with Gasteiger partial charge >= 0.3 is 0 Å². The first-order valence-corrected chi connectivity index (χ1v) is 11.6. The summed E-state index contributed by atoms with van der Waals surface area (Å²) in [6.45, 7) is 9.24. The number of rotatable bonds is 10. The Bertz CT molecular complexity index is 1350. The Balaban J connectivity index is 1.49. The number of ether oxygens (including phenoxy) is 1. The minimum atomic E-state index is 0.500. The van der Waals surface area contributed by atoms with Crippen LogP contribution >= 0.6 is 0 Å². The van der Waals surface area contributed by atoms with Crippen LogP contribution in [0.15, 0.2) is 79.4 Å². The fourth-order valence-corrected chi connectivity index (χ4v) is 3.83. The van der Waals surface area contributed by atoms with Crippen molar-refractivity contribution < 1.29 is 4.74 Å². The van der Waals surface area contributed by atoms with Crippen molar-refractivity contribution in [3.63, 3.8) is 0 Å². The van der Waals surface area contributed by atoms with Gasteiger partial charge in [0.1, 0.15) is 12.1 Å². The Morgan fingerprint density at radius 3 is 2.69 bits per heavy atom. The van der Waals surface area contributed by atoms with Gasteiger partial charge in [0.15, 0.2) is 0 Å². The van der Waals surface area contributed by atoms with Crippen molar-refractivity contribution in [3.05, 3.63) is 107 Å². The van der Waals surface area contributed by atoms with Crippen molar-refractivity contribution in [2.45, 2.75) is 20.3 Å². The summed E-state index contributed by atoms with van der Waals surface area (Å²) in [4.78, 5) is 13.4. The first-order chi connectivity index (χ1) is 17.0. The predicted octanol–water partition coefficient (Wildman–Crippen LogP) is 5.74. The van der Waals surface area contributed by atoms with Crippen molar-refractivity contribution >= 4 is 28.5 Å². The van der Waals surface area contributed by atoms with Gasteiger partial charge in [0.2, 0.25) is 0 Å². The molecule has 6 heteroatoms. The second-order valence-electron chi connectivity index (χ2n) is 8.57. The Labute approximate surface area is 206 Å². The first-order valence-electron chi connectivity index (χ1n) is 11.6. The fourth-order valence-electron chi connectivity index (χ4n) is 3.83. The third-order valence-electron chi connectivity index (χ3n) is 5.73. The van der Waals surface area contributed by atoms with Crippen LogP contribution in [0.5, 0.6) is 0 Å². The smallest absolute Gasteiger partial charge is 0.141 e. The molecule has 0 aliphatic carbocycles. The van der Waals surface area contributed by atoms with E-state index < -0.39 is 0 Å². The van der Waals surface area contributed by atoms with Gasteiger partial charge in [0, 0.05) is 42.3 Å². The number of fused-ring (bicyclic) bond motifs is 1. The van der Waals surface area contributed by atoms with Crippen LogP contribution in [0.25, 0.3) is 17.0 Å². The van der Waals surface area contributed by atoms with Crippen LogP contribution in [0.3, 0.4) is 0 Å². The Morgan fingerprint density at radius 1 is 1.03 bits per heavy atom. The number of pyridine rings is 1. The maximum atomic E-state index is 5.06. The number of aryl methyl sites for hydroxylation is 2. The van der Waals surface area contributed by atoms with Crippen LogP contribution in [0.2, 0.25) is 0 Å². The van der Waals surface area contributed by atoms with Gasteiger partial charge in [-0.1, -0.05) is 36.9 Å². The molecule has 0 amide bonds. The summed E-state index contributed by atoms with van der Waals surface area (Å²) in [5.41, 5.74) is 8.56. The third kappa shape index (κ3) is 6.52. The summed E-state index contributed by atoms with van der Waals surface area (Å²) in [5, 5.41) is 7.67. The molecule has 0 bridgehead atoms. The molecule has 0 radical (unpaired) electrons. The lowest BCUT2D eigenvalue weighted by Crippen LogP contribution is -2.15. The van der Waals surface area contributed by atoms with E-state index in [9.17, 15) is 0 Å². The highest BCUT2D eigenvalue weighted by Gasteiger charge is 2.07. The van der Waals surface area contributed by atoms with Gasteiger partial charge in [0.25, 0.3) is 0 Å². The highest BCUT2D eigenvalue weighted by atomic mass is 16.5. The third-order valence-corrected chi connectivity index (χ3v) is 5.73. The van der Waals surface area contributed by atoms with E-state index in [1.54, 1.807) is 13.4 Å². The molecule has 4 aromatic rings. The van der Waals surface area contributed by atoms with Crippen LogP contribution in [0, 0.1) is 13.8 Å². The van der Waals surface area contributed by atoms with Crippen LogP contribution in [-0.4, -0.2) is 35.2 Å². The molecule has 6 nitrogen and oxygen atoms in total. The number of nitrogens with one attached hydrogen (secondary N) is 2. The van der Waals surface area contributed by atoms with E-state index in [1.807, 2.05) is 19.2 Å². The summed E-state index contributed by atoms with van der Waals surface area (Å²) < 4.78 is 5.06. The normalized spacial score (nSPS) is 11.2. The second kappa shape index (κ2) is 11.4. The number of aromatic nitrogens is 3. The fraction of sp³-hybridized carbons (Fsp3) is 0.207. The van der Waals surface area contributed by atoms with Crippen molar-refractivity contribution in [2.24, 2.45) is 0 Å². The van der Waals surface area contributed by atoms with Gasteiger partial charge in [-0.05, 0) is 72.9 Å². The summed E-state index contributed by atoms with van der Waals surface area (Å²) in [7, 11) is 1.66. The Morgan fingerprint density at radius 2 is 1.91 bits per heavy atom. The number of benzene rings is 2. The molecule has 2 aromatic carbocycles. The Kier molecular flexibility index (Phi) is 7.85. The number of nitrogens with zero attached hydrogens (tertiary/aromatic N) is 3. The quantitative estimate of drug-likeness (QED) is 0.311. The summed E-state index contributed by atoms with van der Waals surface area (Å²) in [6.07, 6.45) is 8.54. The van der Waals surface area contributed by atoms with E-state index in [0.29, 0.717) is 13.2 Å². The zero-order chi connectivity index (χ0) is 24.6. The molecule has 0 unspecified atom stereocenters. The largest absolute Gasteiger partial charge is 0.383 e. The maximum absolute atomic E-state index is 5.06. The first kappa shape index (κ1) is 24.1. The molecule has 2 aromatic heterocycles. The number of hydrogen-bond donors (Lipinski definition) is 2. The molecule has 0 spiro atoms. The van der Waals surface area contributed by atoms with Gasteiger partial charge < -0.3 is 15.4 Å². The van der Waals surface area contributed by atoms with Crippen LogP contribution in [0.4, 0.5) is 11.5 Å². The molecule has 0 saturated heterocycles.